The average molecular weight is 299 g/mol. The molecule has 7 nitrogen and oxygen atoms in total. The van der Waals surface area contributed by atoms with Crippen LogP contribution in [0.1, 0.15) is 30.1 Å². The van der Waals surface area contributed by atoms with Crippen molar-refractivity contribution < 1.29 is 28.4 Å². The Labute approximate surface area is 119 Å². The van der Waals surface area contributed by atoms with Crippen molar-refractivity contribution in [1.82, 2.24) is 0 Å². The van der Waals surface area contributed by atoms with E-state index in [-0.39, 0.29) is 37.6 Å². The number of nitro benzene ring substituents is 1. The van der Waals surface area contributed by atoms with Crippen LogP contribution in [0.5, 0.6) is 5.75 Å². The maximum absolute atomic E-state index is 13.5. The summed E-state index contributed by atoms with van der Waals surface area (Å²) in [6.45, 7) is 2.07. The lowest BCUT2D eigenvalue weighted by molar-refractivity contribution is -0.387. The van der Waals surface area contributed by atoms with Crippen molar-refractivity contribution in [3.05, 3.63) is 33.6 Å². The lowest BCUT2D eigenvalue weighted by Gasteiger charge is -2.07. The summed E-state index contributed by atoms with van der Waals surface area (Å²) < 4.78 is 23.4. The molecule has 0 atom stereocenters. The van der Waals surface area contributed by atoms with Crippen LogP contribution in [-0.2, 0) is 9.53 Å². The van der Waals surface area contributed by atoms with Crippen LogP contribution in [0.4, 0.5) is 10.1 Å². The molecule has 1 aromatic rings. The second-order valence-corrected chi connectivity index (χ2v) is 3.97. The van der Waals surface area contributed by atoms with Gasteiger partial charge in [-0.25, -0.2) is 0 Å². The van der Waals surface area contributed by atoms with E-state index in [4.69, 9.17) is 9.47 Å². The zero-order valence-electron chi connectivity index (χ0n) is 11.3. The zero-order valence-corrected chi connectivity index (χ0v) is 11.3. The molecule has 114 valence electrons. The molecular formula is C13H14FNO6. The van der Waals surface area contributed by atoms with Crippen LogP contribution >= 0.6 is 0 Å². The van der Waals surface area contributed by atoms with Crippen LogP contribution < -0.4 is 4.74 Å². The molecule has 0 aliphatic rings. The molecule has 1 aromatic carbocycles. The number of nitro groups is 1. The number of esters is 1. The number of halogens is 1. The first-order chi connectivity index (χ1) is 9.99. The molecule has 21 heavy (non-hydrogen) atoms. The van der Waals surface area contributed by atoms with Gasteiger partial charge in [-0.05, 0) is 19.4 Å². The van der Waals surface area contributed by atoms with Gasteiger partial charge in [0.05, 0.1) is 23.7 Å². The topological polar surface area (TPSA) is 95.7 Å². The van der Waals surface area contributed by atoms with Crippen molar-refractivity contribution in [2.75, 3.05) is 13.2 Å². The third-order valence-electron chi connectivity index (χ3n) is 2.48. The van der Waals surface area contributed by atoms with Gasteiger partial charge in [0.25, 0.3) is 0 Å². The normalized spacial score (nSPS) is 10.0. The maximum atomic E-state index is 13.5. The van der Waals surface area contributed by atoms with Crippen molar-refractivity contribution in [2.24, 2.45) is 0 Å². The van der Waals surface area contributed by atoms with E-state index in [1.54, 1.807) is 6.92 Å². The van der Waals surface area contributed by atoms with Crippen LogP contribution in [0.15, 0.2) is 12.1 Å². The van der Waals surface area contributed by atoms with Gasteiger partial charge in [0.2, 0.25) is 5.82 Å². The monoisotopic (exact) mass is 299 g/mol. The molecule has 0 saturated carbocycles. The van der Waals surface area contributed by atoms with Crippen molar-refractivity contribution in [3.8, 4) is 5.75 Å². The summed E-state index contributed by atoms with van der Waals surface area (Å²) in [5.74, 6) is -1.53. The zero-order chi connectivity index (χ0) is 15.8. The molecule has 0 radical (unpaired) electrons. The summed E-state index contributed by atoms with van der Waals surface area (Å²) in [6, 6.07) is 1.91. The maximum Gasteiger partial charge on any atom is 0.315 e. The van der Waals surface area contributed by atoms with E-state index in [2.05, 4.69) is 0 Å². The second kappa shape index (κ2) is 7.93. The number of carbonyl (C=O) groups is 2. The fourth-order valence-corrected chi connectivity index (χ4v) is 1.60. The Morgan fingerprint density at radius 2 is 2.19 bits per heavy atom. The SMILES string of the molecule is CCOC(=O)CCCOc1cc(F)c([N+](=O)[O-])c(C=O)c1. The Morgan fingerprint density at radius 1 is 1.48 bits per heavy atom. The molecule has 0 unspecified atom stereocenters. The molecule has 0 fully saturated rings. The molecular weight excluding hydrogens is 285 g/mol. The average Bonchev–Trinajstić information content (AvgIpc) is 2.42. The quantitative estimate of drug-likeness (QED) is 0.240. The van der Waals surface area contributed by atoms with E-state index in [9.17, 15) is 24.1 Å². The fourth-order valence-electron chi connectivity index (χ4n) is 1.60. The Balaban J connectivity index is 2.65. The van der Waals surface area contributed by atoms with E-state index >= 15 is 0 Å². The molecule has 0 saturated heterocycles. The number of benzene rings is 1. The standard InChI is InChI=1S/C13H14FNO6/c1-2-20-12(17)4-3-5-21-10-6-9(8-16)13(15(18)19)11(14)7-10/h6-8H,2-5H2,1H3. The van der Waals surface area contributed by atoms with Crippen LogP contribution in [0.25, 0.3) is 0 Å². The summed E-state index contributed by atoms with van der Waals surface area (Å²) in [4.78, 5) is 31.5. The van der Waals surface area contributed by atoms with E-state index in [1.807, 2.05) is 0 Å². The smallest absolute Gasteiger partial charge is 0.315 e. The Morgan fingerprint density at radius 3 is 2.76 bits per heavy atom. The number of nitrogens with zero attached hydrogens (tertiary/aromatic N) is 1. The fraction of sp³-hybridized carbons (Fsp3) is 0.385. The van der Waals surface area contributed by atoms with Gasteiger partial charge in [-0.2, -0.15) is 4.39 Å². The highest BCUT2D eigenvalue weighted by Crippen LogP contribution is 2.27. The predicted molar refractivity (Wildman–Crippen MR) is 69.8 cm³/mol. The van der Waals surface area contributed by atoms with Crippen molar-refractivity contribution >= 4 is 17.9 Å². The number of aldehydes is 1. The molecule has 0 aromatic heterocycles. The third-order valence-corrected chi connectivity index (χ3v) is 2.48. The molecule has 0 N–H and O–H groups in total. The van der Waals surface area contributed by atoms with Gasteiger partial charge in [-0.15, -0.1) is 0 Å². The predicted octanol–water partition coefficient (Wildman–Crippen LogP) is 2.27. The molecule has 8 heteroatoms. The number of carbonyl (C=O) groups excluding carboxylic acids is 2. The molecule has 0 heterocycles. The highest BCUT2D eigenvalue weighted by Gasteiger charge is 2.21. The minimum absolute atomic E-state index is 0.0101. The second-order valence-electron chi connectivity index (χ2n) is 3.97. The van der Waals surface area contributed by atoms with Gasteiger partial charge in [0.15, 0.2) is 6.29 Å². The first-order valence-electron chi connectivity index (χ1n) is 6.21. The first-order valence-corrected chi connectivity index (χ1v) is 6.21. The lowest BCUT2D eigenvalue weighted by Crippen LogP contribution is -2.07. The molecule has 0 spiro atoms. The summed E-state index contributed by atoms with van der Waals surface area (Å²) in [7, 11) is 0. The van der Waals surface area contributed by atoms with Gasteiger partial charge < -0.3 is 9.47 Å². The van der Waals surface area contributed by atoms with Crippen molar-refractivity contribution in [3.63, 3.8) is 0 Å². The van der Waals surface area contributed by atoms with Crippen LogP contribution in [-0.4, -0.2) is 30.4 Å². The molecule has 0 aliphatic heterocycles. The Hall–Kier alpha value is -2.51. The minimum Gasteiger partial charge on any atom is -0.493 e. The summed E-state index contributed by atoms with van der Waals surface area (Å²) in [6.07, 6.45) is 0.671. The van der Waals surface area contributed by atoms with Crippen molar-refractivity contribution in [1.29, 1.82) is 0 Å². The van der Waals surface area contributed by atoms with Crippen LogP contribution in [0.3, 0.4) is 0 Å². The first kappa shape index (κ1) is 16.5. The van der Waals surface area contributed by atoms with Crippen molar-refractivity contribution in [2.45, 2.75) is 19.8 Å². The van der Waals surface area contributed by atoms with Gasteiger partial charge in [-0.1, -0.05) is 0 Å². The Kier molecular flexibility index (Phi) is 6.25. The molecule has 0 aliphatic carbocycles. The van der Waals surface area contributed by atoms with E-state index in [1.165, 1.54) is 0 Å². The van der Waals surface area contributed by atoms with Gasteiger partial charge in [0.1, 0.15) is 5.75 Å². The number of rotatable bonds is 8. The number of hydrogen-bond donors (Lipinski definition) is 0. The molecule has 0 bridgehead atoms. The molecule has 1 rings (SSSR count). The lowest BCUT2D eigenvalue weighted by atomic mass is 10.2. The summed E-state index contributed by atoms with van der Waals surface area (Å²) in [5.41, 5.74) is -1.29. The molecule has 0 amide bonds. The largest absolute Gasteiger partial charge is 0.493 e. The van der Waals surface area contributed by atoms with Gasteiger partial charge in [-0.3, -0.25) is 19.7 Å². The summed E-state index contributed by atoms with van der Waals surface area (Å²) in [5, 5.41) is 10.6. The Bertz CT molecular complexity index is 546. The number of hydrogen-bond acceptors (Lipinski definition) is 6. The van der Waals surface area contributed by atoms with E-state index < -0.39 is 22.0 Å². The van der Waals surface area contributed by atoms with Crippen LogP contribution in [0, 0.1) is 15.9 Å². The number of ether oxygens (including phenoxy) is 2. The highest BCUT2D eigenvalue weighted by atomic mass is 19.1. The highest BCUT2D eigenvalue weighted by molar-refractivity contribution is 5.82. The summed E-state index contributed by atoms with van der Waals surface area (Å²) >= 11 is 0. The van der Waals surface area contributed by atoms with E-state index in [0.29, 0.717) is 6.42 Å². The van der Waals surface area contributed by atoms with Crippen LogP contribution in [0.2, 0.25) is 0 Å². The van der Waals surface area contributed by atoms with E-state index in [0.717, 1.165) is 12.1 Å². The minimum atomic E-state index is -1.15. The van der Waals surface area contributed by atoms with Gasteiger partial charge in [0, 0.05) is 12.5 Å². The van der Waals surface area contributed by atoms with Gasteiger partial charge >= 0.3 is 11.7 Å². The third kappa shape index (κ3) is 4.83.